The lowest BCUT2D eigenvalue weighted by Gasteiger charge is -2.59. The van der Waals surface area contributed by atoms with Gasteiger partial charge < -0.3 is 94.1 Å². The van der Waals surface area contributed by atoms with Crippen molar-refractivity contribution in [3.8, 4) is 0 Å². The molecule has 1 spiro atoms. The van der Waals surface area contributed by atoms with Gasteiger partial charge in [0.1, 0.15) is 73.2 Å². The van der Waals surface area contributed by atoms with E-state index in [1.54, 1.807) is 0 Å². The van der Waals surface area contributed by atoms with Gasteiger partial charge in [0.05, 0.1) is 44.7 Å². The van der Waals surface area contributed by atoms with Crippen molar-refractivity contribution in [3.05, 3.63) is 11.6 Å². The van der Waals surface area contributed by atoms with E-state index in [0.29, 0.717) is 48.3 Å². The summed E-state index contributed by atoms with van der Waals surface area (Å²) in [6.45, 7) is 7.74. The van der Waals surface area contributed by atoms with E-state index in [1.807, 2.05) is 0 Å². The van der Waals surface area contributed by atoms with E-state index >= 15 is 0 Å². The van der Waals surface area contributed by atoms with Crippen LogP contribution in [0.5, 0.6) is 0 Å². The molecule has 19 nitrogen and oxygen atoms in total. The Labute approximate surface area is 373 Å². The zero-order chi connectivity index (χ0) is 45.8. The van der Waals surface area contributed by atoms with Gasteiger partial charge in [-0.15, -0.1) is 0 Å². The Morgan fingerprint density at radius 3 is 1.97 bits per heavy atom. The lowest BCUT2D eigenvalue weighted by molar-refractivity contribution is -0.383. The van der Waals surface area contributed by atoms with Crippen molar-refractivity contribution in [3.63, 3.8) is 0 Å². The van der Waals surface area contributed by atoms with Crippen molar-refractivity contribution in [2.24, 2.45) is 46.3 Å². The molecule has 0 amide bonds. The van der Waals surface area contributed by atoms with Crippen LogP contribution in [0.2, 0.25) is 0 Å². The average molecular weight is 917 g/mol. The van der Waals surface area contributed by atoms with Crippen LogP contribution in [0.15, 0.2) is 11.6 Å². The maximum Gasteiger partial charge on any atom is 0.187 e. The Morgan fingerprint density at radius 2 is 1.30 bits per heavy atom. The average Bonchev–Trinajstić information content (AvgIpc) is 3.72. The molecule has 27 atom stereocenters. The van der Waals surface area contributed by atoms with Gasteiger partial charge >= 0.3 is 0 Å². The number of hydrogen-bond donors (Lipinski definition) is 11. The van der Waals surface area contributed by atoms with Crippen molar-refractivity contribution >= 4 is 0 Å². The molecule has 9 aliphatic rings. The second kappa shape index (κ2) is 18.1. The van der Waals surface area contributed by atoms with Crippen molar-refractivity contribution < 1.29 is 94.1 Å². The molecule has 4 aliphatic carbocycles. The molecule has 8 fully saturated rings. The lowest BCUT2D eigenvalue weighted by Crippen LogP contribution is -2.67. The van der Waals surface area contributed by atoms with Crippen molar-refractivity contribution in [2.75, 3.05) is 26.4 Å². The zero-order valence-electron chi connectivity index (χ0n) is 37.1. The first-order chi connectivity index (χ1) is 30.4. The van der Waals surface area contributed by atoms with Crippen LogP contribution < -0.4 is 0 Å². The Morgan fingerprint density at radius 1 is 0.672 bits per heavy atom. The van der Waals surface area contributed by atoms with Crippen molar-refractivity contribution in [2.45, 2.75) is 195 Å². The minimum Gasteiger partial charge on any atom is -0.394 e. The van der Waals surface area contributed by atoms with Gasteiger partial charge in [-0.05, 0) is 85.4 Å². The topological polar surface area (TPSA) is 296 Å². The van der Waals surface area contributed by atoms with Gasteiger partial charge in [0.25, 0.3) is 0 Å². The van der Waals surface area contributed by atoms with Crippen LogP contribution in [0.25, 0.3) is 0 Å². The first kappa shape index (κ1) is 48.0. The van der Waals surface area contributed by atoms with Crippen molar-refractivity contribution in [1.82, 2.24) is 0 Å². The molecule has 0 aromatic heterocycles. The Bertz CT molecular complexity index is 1660. The van der Waals surface area contributed by atoms with E-state index in [0.717, 1.165) is 45.1 Å². The summed E-state index contributed by atoms with van der Waals surface area (Å²) < 4.78 is 48.2. The van der Waals surface area contributed by atoms with Gasteiger partial charge in [-0.3, -0.25) is 0 Å². The fraction of sp³-hybridized carbons (Fsp3) is 0.956. The summed E-state index contributed by atoms with van der Waals surface area (Å²) in [7, 11) is 0. The predicted octanol–water partition coefficient (Wildman–Crippen LogP) is -1.84. The molecule has 3 saturated carbocycles. The Balaban J connectivity index is 0.846. The number of fused-ring (bicyclic) bond motifs is 7. The van der Waals surface area contributed by atoms with Crippen LogP contribution in [0, 0.1) is 46.3 Å². The summed E-state index contributed by atoms with van der Waals surface area (Å²) in [5.41, 5.74) is 1.05. The summed E-state index contributed by atoms with van der Waals surface area (Å²) in [4.78, 5) is 0. The largest absolute Gasteiger partial charge is 0.394 e. The smallest absolute Gasteiger partial charge is 0.187 e. The van der Waals surface area contributed by atoms with Gasteiger partial charge in [0.2, 0.25) is 0 Å². The summed E-state index contributed by atoms with van der Waals surface area (Å²) >= 11 is 0. The number of hydrogen-bond acceptors (Lipinski definition) is 19. The fourth-order valence-corrected chi connectivity index (χ4v) is 14.2. The second-order valence-corrected chi connectivity index (χ2v) is 21.2. The highest BCUT2D eigenvalue weighted by Gasteiger charge is 2.69. The maximum absolute atomic E-state index is 11.8. The standard InChI is InChI=1S/C45H72O19/c1-18-7-10-45(57-17-18)19(2)30-26(64-45)12-23-21-6-5-20-11-25(24(49)13-44(20,4)22(21)8-9-43(23,30)3)58-40-36(55)34(53)38(29(16-48)61-40)62-42-37(56)39(32(51)28(15-47)60-42)63-41-35(54)33(52)31(50)27(14-46)59-41/h5,18-19,21-42,46-56H,6-17H2,1-4H3/t18-,19+,21-,22+,23+,24-,25-,26+,27-,28-,29-,30+,31-,32-,33+,34-,35-,36-,37-,38+,39+,40-,41+,42+,43+,44+,45-/m1/s1. The molecule has 0 aromatic carbocycles. The molecule has 9 rings (SSSR count). The molecule has 0 bridgehead atoms. The van der Waals surface area contributed by atoms with Gasteiger partial charge in [0.15, 0.2) is 24.7 Å². The predicted molar refractivity (Wildman–Crippen MR) is 217 cm³/mol. The van der Waals surface area contributed by atoms with E-state index in [4.69, 9.17) is 37.9 Å². The van der Waals surface area contributed by atoms with Crippen LogP contribution >= 0.6 is 0 Å². The third-order valence-electron chi connectivity index (χ3n) is 17.8. The Kier molecular flexibility index (Phi) is 13.5. The molecule has 0 radical (unpaired) electrons. The second-order valence-electron chi connectivity index (χ2n) is 21.2. The third-order valence-corrected chi connectivity index (χ3v) is 17.8. The number of allylic oxidation sites excluding steroid dienone is 1. The molecular weight excluding hydrogens is 844 g/mol. The van der Waals surface area contributed by atoms with E-state index in [2.05, 4.69) is 33.8 Å². The molecule has 19 heteroatoms. The minimum atomic E-state index is -1.94. The first-order valence-corrected chi connectivity index (χ1v) is 23.6. The summed E-state index contributed by atoms with van der Waals surface area (Å²) in [5.74, 6) is 2.12. The third kappa shape index (κ3) is 7.77. The quantitative estimate of drug-likeness (QED) is 0.113. The van der Waals surface area contributed by atoms with E-state index in [1.165, 1.54) is 5.57 Å². The van der Waals surface area contributed by atoms with Crippen LogP contribution in [0.4, 0.5) is 0 Å². The van der Waals surface area contributed by atoms with Crippen LogP contribution in [0.1, 0.15) is 79.1 Å². The molecule has 366 valence electrons. The van der Waals surface area contributed by atoms with Gasteiger partial charge in [-0.25, -0.2) is 0 Å². The van der Waals surface area contributed by atoms with E-state index in [-0.39, 0.29) is 16.9 Å². The molecule has 0 aromatic rings. The van der Waals surface area contributed by atoms with Crippen LogP contribution in [0.3, 0.4) is 0 Å². The van der Waals surface area contributed by atoms with Crippen LogP contribution in [-0.2, 0) is 37.9 Å². The maximum atomic E-state index is 11.8. The summed E-state index contributed by atoms with van der Waals surface area (Å²) in [6, 6.07) is 0. The number of rotatable bonds is 9. The number of aliphatic hydroxyl groups excluding tert-OH is 11. The normalized spacial score (nSPS) is 57.4. The SMILES string of the molecule is C[C@@H]1CC[C@@]2(OC1)O[C@H]1C[C@H]3[C@@H]4CC=C5C[C@@H](O[C@@H]6O[C@H](CO)[C@H](O[C@@H]7O[C@H](CO)[C@@H](O)[C@H](O[C@@H]8O[C@H](CO)[C@@H](O)[C@H](O)[C@H]8O)[C@H]7O)[C@H](O)[C@H]6O)[C@H](O)C[C@]5(C)[C@H]4CC[C@]3(C)[C@H]1[C@@H]2C. The lowest BCUT2D eigenvalue weighted by atomic mass is 9.46. The van der Waals surface area contributed by atoms with Crippen molar-refractivity contribution in [1.29, 1.82) is 0 Å². The van der Waals surface area contributed by atoms with Gasteiger partial charge in [-0.1, -0.05) is 39.3 Å². The highest BCUT2D eigenvalue weighted by Crippen LogP contribution is 2.70. The van der Waals surface area contributed by atoms with E-state index < -0.39 is 130 Å². The summed E-state index contributed by atoms with van der Waals surface area (Å²) in [6.07, 6.45) is -17.6. The van der Waals surface area contributed by atoms with Crippen LogP contribution in [-0.4, -0.2) is 199 Å². The first-order valence-electron chi connectivity index (χ1n) is 23.6. The summed E-state index contributed by atoms with van der Waals surface area (Å²) in [5, 5.41) is 118. The molecule has 64 heavy (non-hydrogen) atoms. The van der Waals surface area contributed by atoms with Gasteiger partial charge in [-0.2, -0.15) is 0 Å². The van der Waals surface area contributed by atoms with E-state index in [9.17, 15) is 56.2 Å². The molecule has 5 heterocycles. The minimum absolute atomic E-state index is 0.133. The molecular formula is C45H72O19. The molecule has 5 aliphatic heterocycles. The van der Waals surface area contributed by atoms with Gasteiger partial charge in [0, 0.05) is 12.3 Å². The Hall–Kier alpha value is -1.02. The number of aliphatic hydroxyl groups is 11. The number of ether oxygens (including phenoxy) is 8. The highest BCUT2D eigenvalue weighted by molar-refractivity contribution is 5.27. The monoisotopic (exact) mass is 916 g/mol. The fourth-order valence-electron chi connectivity index (χ4n) is 14.2. The molecule has 11 N–H and O–H groups in total. The zero-order valence-corrected chi connectivity index (χ0v) is 37.1. The highest BCUT2D eigenvalue weighted by atomic mass is 16.8. The molecule has 0 unspecified atom stereocenters. The molecule has 5 saturated heterocycles.